The molecule has 0 radical (unpaired) electrons. The first kappa shape index (κ1) is 30.7. The van der Waals surface area contributed by atoms with Gasteiger partial charge in [-0.15, -0.1) is 9.15 Å². The number of hydrogen-bond donors (Lipinski definition) is 8. The Kier molecular flexibility index (Phi) is 5.08. The van der Waals surface area contributed by atoms with Gasteiger partial charge in [-0.25, -0.2) is 19.2 Å². The van der Waals surface area contributed by atoms with Gasteiger partial charge in [-0.1, -0.05) is 20.0 Å². The molecule has 0 aromatic carbocycles. The Morgan fingerprint density at radius 1 is 0.600 bits per heavy atom. The molecule has 55 heavy (non-hydrogen) atoms. The second-order valence-electron chi connectivity index (χ2n) is 13.5. The molecule has 0 fully saturated rings. The third-order valence-corrected chi connectivity index (χ3v) is 12.1. The molecule has 6 aromatic heterocycles. The third kappa shape index (κ3) is 3.45. The second-order valence-corrected chi connectivity index (χ2v) is 16.7. The van der Waals surface area contributed by atoms with E-state index in [9.17, 15) is 45.1 Å². The molecule has 0 amide bonds. The van der Waals surface area contributed by atoms with Crippen molar-refractivity contribution in [2.24, 2.45) is 20.0 Å². The molecule has 0 aliphatic carbocycles. The van der Waals surface area contributed by atoms with E-state index in [1.807, 2.05) is 0 Å². The van der Waals surface area contributed by atoms with Gasteiger partial charge in [0.1, 0.15) is 22.1 Å². The predicted molar refractivity (Wildman–Crippen MR) is 183 cm³/mol. The Morgan fingerprint density at radius 3 is 1.84 bits per heavy atom. The molecule has 0 saturated heterocycles. The van der Waals surface area contributed by atoms with Gasteiger partial charge in [0.15, 0.2) is 22.8 Å². The summed E-state index contributed by atoms with van der Waals surface area (Å²) in [4.78, 5) is 89.6. The Balaban J connectivity index is 1.26. The molecule has 0 saturated carbocycles. The predicted octanol–water partition coefficient (Wildman–Crippen LogP) is -4.72. The van der Waals surface area contributed by atoms with Crippen LogP contribution >= 0.6 is 0 Å². The van der Waals surface area contributed by atoms with E-state index in [1.54, 1.807) is 18.3 Å². The van der Waals surface area contributed by atoms with Crippen molar-refractivity contribution >= 4 is 77.3 Å². The Labute approximate surface area is 299 Å². The molecule has 278 valence electrons. The summed E-state index contributed by atoms with van der Waals surface area (Å²) in [6.07, 6.45) is -0.314. The van der Waals surface area contributed by atoms with Crippen molar-refractivity contribution in [1.29, 1.82) is 0 Å². The molecule has 6 aromatic rings. The van der Waals surface area contributed by atoms with E-state index in [2.05, 4.69) is 29.9 Å². The highest BCUT2D eigenvalue weighted by Gasteiger charge is 2.71. The maximum atomic E-state index is 13.6. The average Bonchev–Trinajstić information content (AvgIpc) is 3.96. The molecule has 8 N–H and O–H groups in total. The summed E-state index contributed by atoms with van der Waals surface area (Å²) >= 11 is 0. The lowest BCUT2D eigenvalue weighted by Crippen LogP contribution is -2.72. The number of aromatic nitrogens is 10. The van der Waals surface area contributed by atoms with Gasteiger partial charge in [-0.2, -0.15) is 26.0 Å². The molecular weight excluding hydrogens is 773 g/mol. The summed E-state index contributed by atoms with van der Waals surface area (Å²) < 4.78 is 74.8. The highest BCUT2D eigenvalue weighted by atomic mass is 32.2. The molecule has 1 spiro atoms. The Hall–Kier alpha value is -6.78. The monoisotopic (exact) mass is 792 g/mol. The zero-order chi connectivity index (χ0) is 37.8. The van der Waals surface area contributed by atoms with Gasteiger partial charge in [-0.05, 0) is 12.8 Å². The topological polar surface area (TPSA) is 347 Å². The molecule has 6 aliphatic rings. The molecule has 0 unspecified atom stereocenters. The number of aryl methyl sites for hydroxylation is 1. The van der Waals surface area contributed by atoms with Crippen LogP contribution in [0.2, 0.25) is 0 Å². The molecular formula is C27H20N16O10S2+2. The van der Waals surface area contributed by atoms with Gasteiger partial charge in [0.2, 0.25) is 22.6 Å². The number of aliphatic imine (C=N–C) groups is 2. The van der Waals surface area contributed by atoms with E-state index < -0.39 is 60.4 Å². The minimum Gasteiger partial charge on any atom is -0.301 e. The van der Waals surface area contributed by atoms with Crippen molar-refractivity contribution in [3.05, 3.63) is 75.7 Å². The number of fused-ring (bicyclic) bond motifs is 12. The second kappa shape index (κ2) is 9.11. The van der Waals surface area contributed by atoms with E-state index in [4.69, 9.17) is 20.0 Å². The SMILES string of the molecule is O=c1[nH]c2c([nH]1)C1=[N+]3C2=Nc2c4c([nH]c(=O)n4CCCS(=O)(=O)O)c4n2[C@]32n3c(c5[nH]c(=O)[nH]c5c3=NC3=[N+]2C(=N4)c2c3[nH]c(=O)n2CCCS(=O)(=O)O)=N1. The first-order chi connectivity index (χ1) is 26.2. The first-order valence-corrected chi connectivity index (χ1v) is 19.6. The van der Waals surface area contributed by atoms with Crippen molar-refractivity contribution in [3.63, 3.8) is 0 Å². The smallest absolute Gasteiger partial charge is 0.301 e. The van der Waals surface area contributed by atoms with E-state index in [0.29, 0.717) is 0 Å². The summed E-state index contributed by atoms with van der Waals surface area (Å²) in [5.74, 6) is -2.17. The van der Waals surface area contributed by atoms with Crippen LogP contribution in [0.5, 0.6) is 0 Å². The summed E-state index contributed by atoms with van der Waals surface area (Å²) in [6.45, 7) is -0.357. The number of nitrogens with one attached hydrogen (secondary N) is 6. The van der Waals surface area contributed by atoms with E-state index >= 15 is 0 Å². The molecule has 26 nitrogen and oxygen atoms in total. The summed E-state index contributed by atoms with van der Waals surface area (Å²) in [7, 11) is -8.76. The lowest BCUT2D eigenvalue weighted by Gasteiger charge is -2.40. The number of rotatable bonds is 8. The van der Waals surface area contributed by atoms with E-state index in [-0.39, 0.29) is 117 Å². The zero-order valence-electron chi connectivity index (χ0n) is 27.2. The number of aromatic amines is 6. The summed E-state index contributed by atoms with van der Waals surface area (Å²) in [5.41, 5.74) is -0.361. The van der Waals surface area contributed by atoms with Gasteiger partial charge in [-0.3, -0.25) is 33.2 Å². The fraction of sp³-hybridized carbons (Fsp3) is 0.259. The maximum absolute atomic E-state index is 13.6. The minimum atomic E-state index is -4.38. The van der Waals surface area contributed by atoms with Crippen LogP contribution in [0, 0.1) is 0 Å². The van der Waals surface area contributed by atoms with Gasteiger partial charge in [0.25, 0.3) is 43.6 Å². The Morgan fingerprint density at radius 2 is 1.16 bits per heavy atom. The molecule has 28 heteroatoms. The maximum Gasteiger partial charge on any atom is 0.405 e. The van der Waals surface area contributed by atoms with Crippen molar-refractivity contribution in [2.75, 3.05) is 11.5 Å². The van der Waals surface area contributed by atoms with Crippen LogP contribution < -0.4 is 33.7 Å². The lowest BCUT2D eigenvalue weighted by molar-refractivity contribution is -0.790. The molecule has 0 bridgehead atoms. The lowest BCUT2D eigenvalue weighted by atomic mass is 10.3. The molecule has 6 aliphatic heterocycles. The minimum absolute atomic E-state index is 0.116. The molecule has 12 heterocycles. The van der Waals surface area contributed by atoms with Crippen LogP contribution in [0.25, 0.3) is 22.1 Å². The summed E-state index contributed by atoms with van der Waals surface area (Å²) in [6, 6.07) is 0. The number of amidine groups is 4. The average molecular weight is 793 g/mol. The highest BCUT2D eigenvalue weighted by Crippen LogP contribution is 2.51. The van der Waals surface area contributed by atoms with Gasteiger partial charge in [0, 0.05) is 13.1 Å². The van der Waals surface area contributed by atoms with Crippen LogP contribution in [0.15, 0.2) is 39.1 Å². The van der Waals surface area contributed by atoms with E-state index in [1.165, 1.54) is 9.13 Å². The van der Waals surface area contributed by atoms with Crippen LogP contribution in [0.1, 0.15) is 35.6 Å². The van der Waals surface area contributed by atoms with Gasteiger partial charge in [0.05, 0.1) is 11.5 Å². The van der Waals surface area contributed by atoms with Gasteiger partial charge >= 0.3 is 28.7 Å². The number of hydrogen-bond acceptors (Lipinski definition) is 12. The highest BCUT2D eigenvalue weighted by molar-refractivity contribution is 7.86. The normalized spacial score (nSPS) is 19.5. The van der Waals surface area contributed by atoms with Crippen LogP contribution in [0.3, 0.4) is 0 Å². The van der Waals surface area contributed by atoms with Crippen LogP contribution in [-0.2, 0) is 39.2 Å². The molecule has 1 atom stereocenters. The first-order valence-electron chi connectivity index (χ1n) is 16.4. The zero-order valence-corrected chi connectivity index (χ0v) is 28.8. The van der Waals surface area contributed by atoms with Crippen molar-refractivity contribution in [1.82, 2.24) is 48.2 Å². The third-order valence-electron chi connectivity index (χ3n) is 10.5. The fourth-order valence-corrected chi connectivity index (χ4v) is 9.65. The summed E-state index contributed by atoms with van der Waals surface area (Å²) in [5, 5.41) is 0. The standard InChI is InChI=1S/C27H18N16O10S2/c44-23-28-7-8(29-23)17-35-19-11-13(38(25(46)32-11)3-1-5-54(48,49)50)22-37-20-12-14(39(26(47)33-12)4-2-6-55(51,52)53)21-36-18-10-9(30-24(45)31-10)16-34-15(7)40(17)27(41(16)18,42(19)22)43(20)21/h1-6H2,(H6,28,29,30,31,32,33,34,35,36,37,44,45,46,47,48,49,50,51,52,53)/p+2/t27-/m1/s1. The van der Waals surface area contributed by atoms with Crippen molar-refractivity contribution in [2.45, 2.75) is 31.8 Å². The number of imidazole rings is 4. The number of nitrogens with zero attached hydrogens (tertiary/aromatic N) is 10. The van der Waals surface area contributed by atoms with Crippen molar-refractivity contribution < 1.29 is 35.1 Å². The van der Waals surface area contributed by atoms with Crippen LogP contribution in [0.4, 0.5) is 11.6 Å². The number of H-pyrrole nitrogens is 6. The molecule has 12 rings (SSSR count). The quantitative estimate of drug-likeness (QED) is 0.0538. The Bertz CT molecular complexity index is 3710. The van der Waals surface area contributed by atoms with E-state index in [0.717, 1.165) is 0 Å². The fourth-order valence-electron chi connectivity index (χ4n) is 8.67. The van der Waals surface area contributed by atoms with Crippen molar-refractivity contribution in [3.8, 4) is 0 Å². The largest absolute Gasteiger partial charge is 0.405 e. The van der Waals surface area contributed by atoms with Gasteiger partial charge < -0.3 is 15.0 Å². The van der Waals surface area contributed by atoms with Crippen LogP contribution in [-0.4, -0.2) is 118 Å².